The Morgan fingerprint density at radius 2 is 1.88 bits per heavy atom. The van der Waals surface area contributed by atoms with Gasteiger partial charge in [0, 0.05) is 18.0 Å². The first-order valence-electron chi connectivity index (χ1n) is 8.21. The van der Waals surface area contributed by atoms with Gasteiger partial charge in [-0.1, -0.05) is 55.5 Å². The van der Waals surface area contributed by atoms with Crippen molar-refractivity contribution in [2.45, 2.75) is 45.5 Å². The molecule has 0 saturated carbocycles. The first-order chi connectivity index (χ1) is 11.7. The zero-order valence-corrected chi connectivity index (χ0v) is 15.5. The number of nitrogens with zero attached hydrogens (tertiary/aromatic N) is 1. The smallest absolute Gasteiger partial charge is 0.378 e. The van der Waals surface area contributed by atoms with E-state index in [0.717, 1.165) is 17.5 Å². The molecule has 0 radical (unpaired) electrons. The van der Waals surface area contributed by atoms with Gasteiger partial charge in [-0.2, -0.15) is 6.42 Å². The third kappa shape index (κ3) is 10.8. The molecule has 0 aliphatic carbocycles. The van der Waals surface area contributed by atoms with Crippen molar-refractivity contribution in [2.75, 3.05) is 0 Å². The molecule has 2 aromatic rings. The largest absolute Gasteiger partial charge is 1.00 e. The molecule has 0 aliphatic heterocycles. The topological polar surface area (TPSA) is 42.4 Å². The van der Waals surface area contributed by atoms with Crippen LogP contribution in [0.4, 0.5) is 0 Å². The normalized spacial score (nSPS) is 11.7. The maximum absolute atomic E-state index is 9.94. The summed E-state index contributed by atoms with van der Waals surface area (Å²) in [5.74, 6) is 5.66. The molecule has 0 bridgehead atoms. The van der Waals surface area contributed by atoms with Crippen LogP contribution >= 0.6 is 0 Å². The van der Waals surface area contributed by atoms with E-state index in [4.69, 9.17) is 4.74 Å². The molecular weight excluding hydrogens is 305 g/mol. The Balaban J connectivity index is 0.00000104. The fraction of sp³-hybridized carbons (Fsp3) is 0.333. The summed E-state index contributed by atoms with van der Waals surface area (Å²) in [6.07, 6.45) is 4.46. The van der Waals surface area contributed by atoms with Gasteiger partial charge in [0.05, 0.1) is 12.7 Å². The van der Waals surface area contributed by atoms with Crippen LogP contribution < -0.4 is 18.9 Å². The number of rotatable bonds is 5. The summed E-state index contributed by atoms with van der Waals surface area (Å²) in [6, 6.07) is 13.5. The second-order valence-corrected chi connectivity index (χ2v) is 5.31. The van der Waals surface area contributed by atoms with Crippen LogP contribution in [-0.4, -0.2) is 22.3 Å². The zero-order chi connectivity index (χ0) is 17.6. The molecule has 0 amide bonds. The summed E-state index contributed by atoms with van der Waals surface area (Å²) in [5, 5.41) is 9.94. The van der Waals surface area contributed by atoms with Crippen LogP contribution in [0.5, 0.6) is 0 Å². The monoisotopic (exact) mass is 331 g/mol. The number of aromatic nitrogens is 1. The first kappa shape index (κ1) is 23.4. The second-order valence-electron chi connectivity index (χ2n) is 5.31. The van der Waals surface area contributed by atoms with Crippen molar-refractivity contribution in [3.63, 3.8) is 0 Å². The van der Waals surface area contributed by atoms with E-state index in [9.17, 15) is 5.11 Å². The van der Waals surface area contributed by atoms with E-state index in [1.54, 1.807) is 12.4 Å². The van der Waals surface area contributed by atoms with Crippen molar-refractivity contribution in [1.82, 2.24) is 4.98 Å². The molecule has 4 heteroatoms. The summed E-state index contributed by atoms with van der Waals surface area (Å²) in [4.78, 5) is 3.97. The molecule has 0 saturated heterocycles. The van der Waals surface area contributed by atoms with Crippen LogP contribution in [0, 0.1) is 18.8 Å². The molecule has 0 spiro atoms. The Morgan fingerprint density at radius 3 is 2.44 bits per heavy atom. The minimum atomic E-state index is -0.820. The Bertz CT molecular complexity index is 606. The SMILES string of the molecule is C[C@@H](OCc1ccccc1)C(O)C#Cc1cccnc1.[CH2-]CCC.[Li+]. The molecule has 2 rings (SSSR count). The minimum absolute atomic E-state index is 0. The van der Waals surface area contributed by atoms with Gasteiger partial charge >= 0.3 is 18.9 Å². The Hall–Kier alpha value is -1.55. The van der Waals surface area contributed by atoms with E-state index in [0.29, 0.717) is 6.61 Å². The molecule has 128 valence electrons. The second kappa shape index (κ2) is 14.8. The molecule has 2 atom stereocenters. The van der Waals surface area contributed by atoms with Crippen molar-refractivity contribution in [2.24, 2.45) is 0 Å². The van der Waals surface area contributed by atoms with E-state index < -0.39 is 6.10 Å². The number of ether oxygens (including phenoxy) is 1. The van der Waals surface area contributed by atoms with Crippen molar-refractivity contribution in [1.29, 1.82) is 0 Å². The number of pyridine rings is 1. The summed E-state index contributed by atoms with van der Waals surface area (Å²) >= 11 is 0. The van der Waals surface area contributed by atoms with Crippen LogP contribution in [0.3, 0.4) is 0 Å². The average Bonchev–Trinajstić information content (AvgIpc) is 2.66. The molecule has 1 heterocycles. The van der Waals surface area contributed by atoms with Crippen molar-refractivity contribution >= 4 is 0 Å². The van der Waals surface area contributed by atoms with Gasteiger partial charge in [-0.3, -0.25) is 4.98 Å². The third-order valence-electron chi connectivity index (χ3n) is 3.18. The molecule has 1 N–H and O–H groups in total. The van der Waals surface area contributed by atoms with E-state index in [-0.39, 0.29) is 25.0 Å². The first-order valence-corrected chi connectivity index (χ1v) is 8.21. The van der Waals surface area contributed by atoms with Gasteiger partial charge in [0.15, 0.2) is 0 Å². The van der Waals surface area contributed by atoms with E-state index in [2.05, 4.69) is 30.7 Å². The van der Waals surface area contributed by atoms with Gasteiger partial charge in [-0.15, -0.1) is 0 Å². The number of unbranched alkanes of at least 4 members (excludes halogenated alkanes) is 1. The molecule has 1 unspecified atom stereocenters. The molecule has 0 aliphatic rings. The predicted octanol–water partition coefficient (Wildman–Crippen LogP) is 1.02. The third-order valence-corrected chi connectivity index (χ3v) is 3.18. The zero-order valence-electron chi connectivity index (χ0n) is 15.5. The number of benzene rings is 1. The van der Waals surface area contributed by atoms with E-state index in [1.807, 2.05) is 49.4 Å². The van der Waals surface area contributed by atoms with Gasteiger partial charge in [0.1, 0.15) is 6.10 Å². The number of aliphatic hydroxyl groups is 1. The number of aliphatic hydroxyl groups excluding tert-OH is 1. The quantitative estimate of drug-likeness (QED) is 0.505. The Labute approximate surface area is 164 Å². The van der Waals surface area contributed by atoms with Crippen LogP contribution in [-0.2, 0) is 11.3 Å². The standard InChI is InChI=1S/C17H17NO2.C4H9.Li/c1-14(20-13-16-6-3-2-4-7-16)17(19)10-9-15-8-5-11-18-12-15;1-3-4-2;/h2-8,11-12,14,17,19H,13H2,1H3;1,3-4H2,2H3;/q;-1;+1/t14-,17?;;/m1../s1. The van der Waals surface area contributed by atoms with E-state index in [1.165, 1.54) is 6.42 Å². The van der Waals surface area contributed by atoms with Crippen LogP contribution in [0.2, 0.25) is 0 Å². The summed E-state index contributed by atoms with van der Waals surface area (Å²) in [5.41, 5.74) is 1.86. The molecule has 0 fully saturated rings. The van der Waals surface area contributed by atoms with Crippen LogP contribution in [0.25, 0.3) is 0 Å². The van der Waals surface area contributed by atoms with Crippen LogP contribution in [0.1, 0.15) is 37.8 Å². The molecule has 25 heavy (non-hydrogen) atoms. The van der Waals surface area contributed by atoms with E-state index >= 15 is 0 Å². The predicted molar refractivity (Wildman–Crippen MR) is 98.1 cm³/mol. The summed E-state index contributed by atoms with van der Waals surface area (Å²) in [7, 11) is 0. The number of hydrogen-bond donors (Lipinski definition) is 1. The van der Waals surface area contributed by atoms with Gasteiger partial charge in [0.2, 0.25) is 0 Å². The van der Waals surface area contributed by atoms with Gasteiger partial charge in [-0.05, 0) is 24.6 Å². The molecule has 3 nitrogen and oxygen atoms in total. The van der Waals surface area contributed by atoms with Crippen molar-refractivity contribution in [3.8, 4) is 11.8 Å². The maximum Gasteiger partial charge on any atom is 1.00 e. The van der Waals surface area contributed by atoms with Crippen molar-refractivity contribution < 1.29 is 28.7 Å². The molecular formula is C21H26LiNO2. The Morgan fingerprint density at radius 1 is 1.20 bits per heavy atom. The molecule has 1 aromatic carbocycles. The minimum Gasteiger partial charge on any atom is -0.378 e. The van der Waals surface area contributed by atoms with Gasteiger partial charge in [0.25, 0.3) is 0 Å². The average molecular weight is 331 g/mol. The van der Waals surface area contributed by atoms with Crippen LogP contribution in [0.15, 0.2) is 54.9 Å². The number of hydrogen-bond acceptors (Lipinski definition) is 3. The van der Waals surface area contributed by atoms with Crippen molar-refractivity contribution in [3.05, 3.63) is 72.9 Å². The Kier molecular flexibility index (Phi) is 13.8. The summed E-state index contributed by atoms with van der Waals surface area (Å²) in [6.45, 7) is 8.00. The van der Waals surface area contributed by atoms with Gasteiger partial charge in [-0.25, -0.2) is 0 Å². The van der Waals surface area contributed by atoms with Gasteiger partial charge < -0.3 is 16.8 Å². The fourth-order valence-electron chi connectivity index (χ4n) is 1.60. The maximum atomic E-state index is 9.94. The summed E-state index contributed by atoms with van der Waals surface area (Å²) < 4.78 is 5.61. The fourth-order valence-corrected chi connectivity index (χ4v) is 1.60. The molecule has 1 aromatic heterocycles.